The first-order valence-electron chi connectivity index (χ1n) is 9.66. The second-order valence-electron chi connectivity index (χ2n) is 7.74. The Balaban J connectivity index is 1.58. The van der Waals surface area contributed by atoms with E-state index in [2.05, 4.69) is 26.4 Å². The van der Waals surface area contributed by atoms with Gasteiger partial charge in [-0.15, -0.1) is 5.10 Å². The molecule has 3 N–H and O–H groups in total. The second kappa shape index (κ2) is 7.40. The highest BCUT2D eigenvalue weighted by Gasteiger charge is 2.53. The van der Waals surface area contributed by atoms with Gasteiger partial charge in [0.2, 0.25) is 5.91 Å². The number of rotatable bonds is 6. The fraction of sp³-hybridized carbons (Fsp3) is 0.550. The zero-order valence-corrected chi connectivity index (χ0v) is 15.7. The van der Waals surface area contributed by atoms with Gasteiger partial charge in [0.05, 0.1) is 5.69 Å². The van der Waals surface area contributed by atoms with Crippen LogP contribution in [-0.4, -0.2) is 53.0 Å². The Bertz CT molecular complexity index is 777. The summed E-state index contributed by atoms with van der Waals surface area (Å²) in [6.45, 7) is 2.95. The molecule has 4 rings (SSSR count). The molecule has 2 aromatic rings. The Morgan fingerprint density at radius 1 is 1.37 bits per heavy atom. The Hall–Kier alpha value is -2.25. The molecule has 27 heavy (non-hydrogen) atoms. The van der Waals surface area contributed by atoms with Gasteiger partial charge >= 0.3 is 0 Å². The topological polar surface area (TPSA) is 97.1 Å². The number of H-pyrrole nitrogens is 1. The number of hydrogen-bond donors (Lipinski definition) is 2. The predicted octanol–water partition coefficient (Wildman–Crippen LogP) is 1.72. The summed E-state index contributed by atoms with van der Waals surface area (Å²) in [5, 5.41) is 10.7. The van der Waals surface area contributed by atoms with Crippen molar-refractivity contribution in [1.29, 1.82) is 0 Å². The van der Waals surface area contributed by atoms with Crippen molar-refractivity contribution in [3.8, 4) is 0 Å². The van der Waals surface area contributed by atoms with E-state index in [0.29, 0.717) is 17.4 Å². The first kappa shape index (κ1) is 18.1. The van der Waals surface area contributed by atoms with E-state index in [-0.39, 0.29) is 5.60 Å². The number of nitrogens with zero attached hydrogens (tertiary/aromatic N) is 3. The van der Waals surface area contributed by atoms with Crippen LogP contribution in [-0.2, 0) is 16.8 Å². The zero-order chi connectivity index (χ0) is 18.9. The summed E-state index contributed by atoms with van der Waals surface area (Å²) in [4.78, 5) is 14.2. The van der Waals surface area contributed by atoms with E-state index in [1.165, 1.54) is 6.42 Å². The van der Waals surface area contributed by atoms with Crippen LogP contribution in [0.2, 0.25) is 0 Å². The van der Waals surface area contributed by atoms with E-state index < -0.39 is 5.91 Å². The molecule has 1 aromatic carbocycles. The van der Waals surface area contributed by atoms with Crippen molar-refractivity contribution >= 4 is 5.91 Å². The Morgan fingerprint density at radius 2 is 2.15 bits per heavy atom. The third-order valence-corrected chi connectivity index (χ3v) is 6.36. The number of primary amides is 1. The Morgan fingerprint density at radius 3 is 2.78 bits per heavy atom. The van der Waals surface area contributed by atoms with Gasteiger partial charge in [0.15, 0.2) is 0 Å². The van der Waals surface area contributed by atoms with Crippen molar-refractivity contribution in [2.24, 2.45) is 17.6 Å². The van der Waals surface area contributed by atoms with Crippen LogP contribution in [0.5, 0.6) is 0 Å². The van der Waals surface area contributed by atoms with Crippen LogP contribution >= 0.6 is 0 Å². The molecule has 2 aliphatic rings. The minimum atomic E-state index is -0.390. The molecular formula is C20H27N5O2. The number of aromatic amines is 1. The van der Waals surface area contributed by atoms with Gasteiger partial charge in [-0.3, -0.25) is 9.89 Å². The number of likely N-dealkylation sites (tertiary alicyclic amines) is 1. The minimum absolute atomic E-state index is 0.339. The third kappa shape index (κ3) is 3.26. The number of benzene rings is 1. The number of nitrogens with one attached hydrogen (secondary N) is 1. The van der Waals surface area contributed by atoms with Gasteiger partial charge in [-0.2, -0.15) is 0 Å². The lowest BCUT2D eigenvalue weighted by molar-refractivity contribution is -0.168. The van der Waals surface area contributed by atoms with Crippen LogP contribution in [0.15, 0.2) is 30.5 Å². The number of carbonyl (C=O) groups excluding carboxylic acids is 1. The molecule has 7 nitrogen and oxygen atoms in total. The number of ether oxygens (including phenoxy) is 1. The van der Waals surface area contributed by atoms with Crippen molar-refractivity contribution in [3.63, 3.8) is 0 Å². The number of hydrogen-bond acceptors (Lipinski definition) is 5. The highest BCUT2D eigenvalue weighted by atomic mass is 16.5. The maximum atomic E-state index is 11.7. The molecule has 7 heteroatoms. The van der Waals surface area contributed by atoms with Gasteiger partial charge in [0.25, 0.3) is 0 Å². The molecule has 2 fully saturated rings. The number of fused-ring (bicyclic) bond motifs is 2. The molecule has 0 spiro atoms. The average molecular weight is 369 g/mol. The van der Waals surface area contributed by atoms with Crippen LogP contribution in [0.1, 0.15) is 40.9 Å². The fourth-order valence-electron chi connectivity index (χ4n) is 5.17. The summed E-state index contributed by atoms with van der Waals surface area (Å²) >= 11 is 0. The lowest BCUT2D eigenvalue weighted by Crippen LogP contribution is -2.59. The summed E-state index contributed by atoms with van der Waals surface area (Å²) in [7, 11) is 1.81. The minimum Gasteiger partial charge on any atom is -0.373 e. The van der Waals surface area contributed by atoms with E-state index in [4.69, 9.17) is 10.5 Å². The van der Waals surface area contributed by atoms with Crippen molar-refractivity contribution in [1.82, 2.24) is 20.3 Å². The SMILES string of the molecule is CO[C@]1(c2cccc(C(N)=O)c2)[C@@H]2CCC[C@H]1CN(CCc1c[nH]nn1)C2. The molecule has 3 atom stereocenters. The Kier molecular flexibility index (Phi) is 4.97. The second-order valence-corrected chi connectivity index (χ2v) is 7.74. The molecule has 1 saturated carbocycles. The van der Waals surface area contributed by atoms with E-state index in [1.54, 1.807) is 6.07 Å². The molecule has 0 unspecified atom stereocenters. The molecule has 1 saturated heterocycles. The van der Waals surface area contributed by atoms with Crippen molar-refractivity contribution in [2.45, 2.75) is 31.3 Å². The molecule has 2 heterocycles. The van der Waals surface area contributed by atoms with Crippen LogP contribution in [0.4, 0.5) is 0 Å². The molecule has 144 valence electrons. The van der Waals surface area contributed by atoms with Gasteiger partial charge in [0, 0.05) is 56.8 Å². The summed E-state index contributed by atoms with van der Waals surface area (Å²) in [6, 6.07) is 7.72. The van der Waals surface area contributed by atoms with Crippen LogP contribution in [0.25, 0.3) is 0 Å². The number of amides is 1. The number of piperidine rings is 1. The lowest BCUT2D eigenvalue weighted by Gasteiger charge is -2.55. The standard InChI is InChI=1S/C20H27N5O2/c1-27-20(15-5-2-4-14(10-15)19(21)26)16-6-3-7-17(20)13-25(12-16)9-8-18-11-22-24-23-18/h2,4-5,10-11,16-17H,3,6-9,12-13H2,1H3,(H2,21,26)(H,22,23,24)/t16-,17+,20-. The first-order chi connectivity index (χ1) is 13.1. The van der Waals surface area contributed by atoms with Gasteiger partial charge in [-0.25, -0.2) is 0 Å². The third-order valence-electron chi connectivity index (χ3n) is 6.36. The summed E-state index contributed by atoms with van der Waals surface area (Å²) in [5.41, 5.74) is 7.82. The van der Waals surface area contributed by atoms with E-state index >= 15 is 0 Å². The maximum Gasteiger partial charge on any atom is 0.248 e. The number of nitrogens with two attached hydrogens (primary N) is 1. The zero-order valence-electron chi connectivity index (χ0n) is 15.7. The van der Waals surface area contributed by atoms with Crippen LogP contribution in [0, 0.1) is 11.8 Å². The average Bonchev–Trinajstić information content (AvgIpc) is 3.19. The van der Waals surface area contributed by atoms with Gasteiger partial charge in [-0.1, -0.05) is 23.8 Å². The van der Waals surface area contributed by atoms with Gasteiger partial charge < -0.3 is 15.4 Å². The summed E-state index contributed by atoms with van der Waals surface area (Å²) in [5.74, 6) is 0.407. The number of aromatic nitrogens is 3. The van der Waals surface area contributed by atoms with E-state index in [9.17, 15) is 4.79 Å². The smallest absolute Gasteiger partial charge is 0.248 e. The van der Waals surface area contributed by atoms with Crippen molar-refractivity contribution in [3.05, 3.63) is 47.3 Å². The lowest BCUT2D eigenvalue weighted by atomic mass is 9.62. The van der Waals surface area contributed by atoms with Crippen LogP contribution in [0.3, 0.4) is 0 Å². The molecule has 1 amide bonds. The molecule has 2 bridgehead atoms. The van der Waals surface area contributed by atoms with Crippen molar-refractivity contribution < 1.29 is 9.53 Å². The van der Waals surface area contributed by atoms with Crippen molar-refractivity contribution in [2.75, 3.05) is 26.7 Å². The molecule has 1 aliphatic heterocycles. The molecular weight excluding hydrogens is 342 g/mol. The molecule has 0 radical (unpaired) electrons. The summed E-state index contributed by atoms with van der Waals surface area (Å²) in [6.07, 6.45) is 6.25. The van der Waals surface area contributed by atoms with E-state index in [0.717, 1.165) is 50.2 Å². The number of carbonyl (C=O) groups is 1. The normalized spacial score (nSPS) is 28.2. The Labute approximate surface area is 159 Å². The molecule has 1 aliphatic carbocycles. The predicted molar refractivity (Wildman–Crippen MR) is 101 cm³/mol. The maximum absolute atomic E-state index is 11.7. The van der Waals surface area contributed by atoms with E-state index in [1.807, 2.05) is 25.4 Å². The van der Waals surface area contributed by atoms with Crippen LogP contribution < -0.4 is 5.73 Å². The largest absolute Gasteiger partial charge is 0.373 e. The fourth-order valence-corrected chi connectivity index (χ4v) is 5.17. The van der Waals surface area contributed by atoms with Gasteiger partial charge in [0.1, 0.15) is 5.60 Å². The monoisotopic (exact) mass is 369 g/mol. The highest BCUT2D eigenvalue weighted by molar-refractivity contribution is 5.92. The molecule has 1 aromatic heterocycles. The quantitative estimate of drug-likeness (QED) is 0.808. The first-order valence-corrected chi connectivity index (χ1v) is 9.66. The highest BCUT2D eigenvalue weighted by Crippen LogP contribution is 2.51. The summed E-state index contributed by atoms with van der Waals surface area (Å²) < 4.78 is 6.26. The van der Waals surface area contributed by atoms with Gasteiger partial charge in [-0.05, 0) is 30.5 Å². The number of methoxy groups -OCH3 is 1.